The molecule has 1 saturated heterocycles. The number of ether oxygens (including phenoxy) is 1. The van der Waals surface area contributed by atoms with Crippen LogP contribution in [0.3, 0.4) is 0 Å². The molecule has 0 radical (unpaired) electrons. The van der Waals surface area contributed by atoms with E-state index in [4.69, 9.17) is 10.5 Å². The second-order valence-electron chi connectivity index (χ2n) is 3.62. The van der Waals surface area contributed by atoms with Gasteiger partial charge in [0.2, 0.25) is 5.95 Å². The minimum atomic E-state index is 0.266. The van der Waals surface area contributed by atoms with Crippen LogP contribution in [0.2, 0.25) is 0 Å². The first-order chi connectivity index (χ1) is 7.84. The molecule has 7 nitrogen and oxygen atoms in total. The van der Waals surface area contributed by atoms with Crippen molar-refractivity contribution in [2.75, 3.05) is 36.9 Å². The van der Waals surface area contributed by atoms with E-state index in [1.807, 2.05) is 0 Å². The first-order valence-electron chi connectivity index (χ1n) is 5.13. The van der Waals surface area contributed by atoms with Gasteiger partial charge in [-0.3, -0.25) is 0 Å². The van der Waals surface area contributed by atoms with Gasteiger partial charge in [-0.25, -0.2) is 4.98 Å². The summed E-state index contributed by atoms with van der Waals surface area (Å²) in [6, 6.07) is 0. The Morgan fingerprint density at radius 1 is 1.31 bits per heavy atom. The molecule has 0 bridgehead atoms. The molecule has 1 aliphatic rings. The fourth-order valence-corrected chi connectivity index (χ4v) is 1.85. The number of hydrogen-bond donors (Lipinski definition) is 1. The second kappa shape index (κ2) is 3.60. The Bertz CT molecular complexity index is 504. The number of morpholine rings is 1. The fourth-order valence-electron chi connectivity index (χ4n) is 1.85. The number of nitrogens with two attached hydrogens (primary N) is 1. The van der Waals surface area contributed by atoms with E-state index in [1.54, 1.807) is 17.0 Å². The molecule has 0 aromatic carbocycles. The van der Waals surface area contributed by atoms with E-state index in [0.717, 1.165) is 37.6 Å². The Balaban J connectivity index is 2.07. The molecule has 16 heavy (non-hydrogen) atoms. The highest BCUT2D eigenvalue weighted by atomic mass is 16.5. The summed E-state index contributed by atoms with van der Waals surface area (Å²) in [5, 5.41) is 4.03. The third-order valence-corrected chi connectivity index (χ3v) is 2.60. The van der Waals surface area contributed by atoms with Crippen molar-refractivity contribution in [3.05, 3.63) is 12.5 Å². The summed E-state index contributed by atoms with van der Waals surface area (Å²) < 4.78 is 6.91. The summed E-state index contributed by atoms with van der Waals surface area (Å²) in [7, 11) is 0. The molecule has 0 atom stereocenters. The summed E-state index contributed by atoms with van der Waals surface area (Å²) >= 11 is 0. The first-order valence-corrected chi connectivity index (χ1v) is 5.13. The number of fused-ring (bicyclic) bond motifs is 1. The lowest BCUT2D eigenvalue weighted by molar-refractivity contribution is 0.123. The van der Waals surface area contributed by atoms with Crippen molar-refractivity contribution in [2.45, 2.75) is 0 Å². The van der Waals surface area contributed by atoms with Crippen LogP contribution in [-0.4, -0.2) is 45.9 Å². The fraction of sp³-hybridized carbons (Fsp3) is 0.444. The van der Waals surface area contributed by atoms with Crippen molar-refractivity contribution in [1.82, 2.24) is 19.6 Å². The number of nitrogens with zero attached hydrogens (tertiary/aromatic N) is 5. The zero-order valence-electron chi connectivity index (χ0n) is 8.70. The van der Waals surface area contributed by atoms with Crippen molar-refractivity contribution < 1.29 is 4.74 Å². The average Bonchev–Trinajstić information content (AvgIpc) is 2.70. The summed E-state index contributed by atoms with van der Waals surface area (Å²) in [6.07, 6.45) is 3.39. The molecule has 1 aliphatic heterocycles. The first kappa shape index (κ1) is 9.34. The van der Waals surface area contributed by atoms with Crippen LogP contribution in [0.15, 0.2) is 12.5 Å². The van der Waals surface area contributed by atoms with E-state index in [9.17, 15) is 0 Å². The standard InChI is InChI=1S/C9H12N6O/c10-9-12-8-7(5-11-6-15(8)13-9)14-1-3-16-4-2-14/h5-6H,1-4H2,(H2,10,13). The topological polar surface area (TPSA) is 81.6 Å². The average molecular weight is 220 g/mol. The van der Waals surface area contributed by atoms with Gasteiger partial charge >= 0.3 is 0 Å². The Labute approximate surface area is 91.8 Å². The molecule has 0 saturated carbocycles. The molecule has 1 fully saturated rings. The van der Waals surface area contributed by atoms with Crippen LogP contribution in [0.4, 0.5) is 11.6 Å². The highest BCUT2D eigenvalue weighted by Crippen LogP contribution is 2.19. The van der Waals surface area contributed by atoms with E-state index in [1.165, 1.54) is 0 Å². The van der Waals surface area contributed by atoms with E-state index < -0.39 is 0 Å². The highest BCUT2D eigenvalue weighted by Gasteiger charge is 2.16. The van der Waals surface area contributed by atoms with Gasteiger partial charge in [-0.2, -0.15) is 9.50 Å². The Hall–Kier alpha value is -1.89. The molecular weight excluding hydrogens is 208 g/mol. The smallest absolute Gasteiger partial charge is 0.240 e. The van der Waals surface area contributed by atoms with E-state index in [2.05, 4.69) is 20.0 Å². The van der Waals surface area contributed by atoms with Gasteiger partial charge < -0.3 is 15.4 Å². The number of anilines is 2. The van der Waals surface area contributed by atoms with Gasteiger partial charge in [-0.05, 0) is 0 Å². The van der Waals surface area contributed by atoms with Gasteiger partial charge in [0, 0.05) is 13.1 Å². The zero-order valence-corrected chi connectivity index (χ0v) is 8.70. The predicted molar refractivity (Wildman–Crippen MR) is 58.2 cm³/mol. The van der Waals surface area contributed by atoms with Crippen LogP contribution in [-0.2, 0) is 4.74 Å². The molecule has 0 spiro atoms. The minimum Gasteiger partial charge on any atom is -0.378 e. The maximum atomic E-state index is 5.57. The maximum Gasteiger partial charge on any atom is 0.240 e. The van der Waals surface area contributed by atoms with Crippen LogP contribution in [0.5, 0.6) is 0 Å². The summed E-state index contributed by atoms with van der Waals surface area (Å²) in [5.74, 6) is 0.266. The number of hydrogen-bond acceptors (Lipinski definition) is 6. The van der Waals surface area contributed by atoms with Crippen LogP contribution in [0.1, 0.15) is 0 Å². The van der Waals surface area contributed by atoms with Crippen LogP contribution in [0, 0.1) is 0 Å². The van der Waals surface area contributed by atoms with Gasteiger partial charge in [-0.1, -0.05) is 0 Å². The summed E-state index contributed by atoms with van der Waals surface area (Å²) in [5.41, 5.74) is 7.27. The number of rotatable bonds is 1. The lowest BCUT2D eigenvalue weighted by atomic mass is 10.3. The molecule has 84 valence electrons. The molecular formula is C9H12N6O. The number of aromatic nitrogens is 4. The van der Waals surface area contributed by atoms with Gasteiger partial charge in [0.25, 0.3) is 0 Å². The molecule has 0 aliphatic carbocycles. The van der Waals surface area contributed by atoms with Crippen LogP contribution < -0.4 is 10.6 Å². The molecule has 0 amide bonds. The van der Waals surface area contributed by atoms with Gasteiger partial charge in [0.05, 0.1) is 19.4 Å². The molecule has 2 aromatic rings. The summed E-state index contributed by atoms with van der Waals surface area (Å²) in [6.45, 7) is 3.14. The van der Waals surface area contributed by atoms with Crippen molar-refractivity contribution >= 4 is 17.3 Å². The largest absolute Gasteiger partial charge is 0.378 e. The second-order valence-corrected chi connectivity index (χ2v) is 3.62. The van der Waals surface area contributed by atoms with Crippen molar-refractivity contribution in [3.8, 4) is 0 Å². The van der Waals surface area contributed by atoms with Crippen LogP contribution in [0.25, 0.3) is 5.65 Å². The van der Waals surface area contributed by atoms with Gasteiger partial charge in [-0.15, -0.1) is 5.10 Å². The normalized spacial score (nSPS) is 16.9. The summed E-state index contributed by atoms with van der Waals surface area (Å²) in [4.78, 5) is 10.5. The lowest BCUT2D eigenvalue weighted by Gasteiger charge is -2.28. The quantitative estimate of drug-likeness (QED) is 0.700. The Kier molecular flexibility index (Phi) is 2.10. The van der Waals surface area contributed by atoms with E-state index in [-0.39, 0.29) is 5.95 Å². The van der Waals surface area contributed by atoms with Crippen LogP contribution >= 0.6 is 0 Å². The Morgan fingerprint density at radius 2 is 2.12 bits per heavy atom. The molecule has 7 heteroatoms. The third kappa shape index (κ3) is 1.45. The zero-order chi connectivity index (χ0) is 11.0. The maximum absolute atomic E-state index is 5.57. The van der Waals surface area contributed by atoms with Gasteiger partial charge in [0.15, 0.2) is 5.65 Å². The van der Waals surface area contributed by atoms with Crippen molar-refractivity contribution in [3.63, 3.8) is 0 Å². The Morgan fingerprint density at radius 3 is 2.94 bits per heavy atom. The molecule has 3 heterocycles. The van der Waals surface area contributed by atoms with Crippen molar-refractivity contribution in [2.24, 2.45) is 0 Å². The van der Waals surface area contributed by atoms with Crippen molar-refractivity contribution in [1.29, 1.82) is 0 Å². The van der Waals surface area contributed by atoms with E-state index in [0.29, 0.717) is 0 Å². The molecule has 0 unspecified atom stereocenters. The highest BCUT2D eigenvalue weighted by molar-refractivity contribution is 5.68. The number of nitrogen functional groups attached to an aromatic ring is 1. The lowest BCUT2D eigenvalue weighted by Crippen LogP contribution is -2.36. The monoisotopic (exact) mass is 220 g/mol. The predicted octanol–water partition coefficient (Wildman–Crippen LogP) is -0.457. The SMILES string of the molecule is Nc1nc2c(N3CCOCC3)cncn2n1. The molecule has 2 N–H and O–H groups in total. The third-order valence-electron chi connectivity index (χ3n) is 2.60. The molecule has 3 rings (SSSR count). The van der Waals surface area contributed by atoms with Gasteiger partial charge in [0.1, 0.15) is 12.0 Å². The van der Waals surface area contributed by atoms with E-state index >= 15 is 0 Å². The minimum absolute atomic E-state index is 0.266. The molecule has 2 aromatic heterocycles.